The first-order chi connectivity index (χ1) is 18.2. The molecule has 0 spiro atoms. The molecule has 3 heterocycles. The third-order valence-corrected chi connectivity index (χ3v) is 5.71. The number of nitrogens with zero attached hydrogens (tertiary/aromatic N) is 5. The predicted molar refractivity (Wildman–Crippen MR) is 124 cm³/mol. The van der Waals surface area contributed by atoms with Crippen molar-refractivity contribution >= 4 is 11.9 Å². The largest absolute Gasteiger partial charge is 0.490 e. The Balaban J connectivity index is 0.000000317. The molecule has 0 amide bonds. The van der Waals surface area contributed by atoms with E-state index < -0.39 is 24.3 Å². The van der Waals surface area contributed by atoms with Gasteiger partial charge in [0.1, 0.15) is 5.82 Å². The fourth-order valence-electron chi connectivity index (χ4n) is 3.92. The number of fused-ring (bicyclic) bond motifs is 1. The average Bonchev–Trinajstić information content (AvgIpc) is 3.26. The summed E-state index contributed by atoms with van der Waals surface area (Å²) in [5, 5.41) is 23.3. The molecular formula is C24H27F6N5O4. The van der Waals surface area contributed by atoms with E-state index in [0.717, 1.165) is 38.3 Å². The van der Waals surface area contributed by atoms with Gasteiger partial charge in [0.25, 0.3) is 0 Å². The smallest absolute Gasteiger partial charge is 0.475 e. The molecule has 2 aliphatic heterocycles. The molecule has 1 fully saturated rings. The number of imidazole rings is 1. The Labute approximate surface area is 219 Å². The van der Waals surface area contributed by atoms with E-state index in [4.69, 9.17) is 30.0 Å². The van der Waals surface area contributed by atoms with Crippen molar-refractivity contribution < 1.29 is 46.1 Å². The minimum absolute atomic E-state index is 0.736. The highest BCUT2D eigenvalue weighted by atomic mass is 19.4. The van der Waals surface area contributed by atoms with Gasteiger partial charge in [0.05, 0.1) is 23.9 Å². The van der Waals surface area contributed by atoms with E-state index in [1.54, 1.807) is 0 Å². The molecule has 0 saturated carbocycles. The molecule has 0 atom stereocenters. The maximum absolute atomic E-state index is 10.6. The van der Waals surface area contributed by atoms with Crippen molar-refractivity contribution in [3.8, 4) is 6.07 Å². The molecule has 4 rings (SSSR count). The van der Waals surface area contributed by atoms with Crippen LogP contribution >= 0.6 is 0 Å². The van der Waals surface area contributed by atoms with Gasteiger partial charge in [-0.3, -0.25) is 9.80 Å². The molecule has 1 aromatic carbocycles. The minimum atomic E-state index is -5.08. The van der Waals surface area contributed by atoms with Gasteiger partial charge in [-0.05, 0) is 43.6 Å². The quantitative estimate of drug-likeness (QED) is 0.535. The molecule has 0 aliphatic carbocycles. The van der Waals surface area contributed by atoms with Crippen LogP contribution in [0, 0.1) is 11.3 Å². The van der Waals surface area contributed by atoms with Gasteiger partial charge in [-0.1, -0.05) is 18.6 Å². The summed E-state index contributed by atoms with van der Waals surface area (Å²) < 4.78 is 65.8. The van der Waals surface area contributed by atoms with Crippen LogP contribution in [-0.2, 0) is 35.8 Å². The third kappa shape index (κ3) is 10.9. The summed E-state index contributed by atoms with van der Waals surface area (Å²) in [6.45, 7) is 7.21. The second kappa shape index (κ2) is 13.9. The highest BCUT2D eigenvalue weighted by molar-refractivity contribution is 5.73. The lowest BCUT2D eigenvalue weighted by atomic mass is 10.1. The number of carboxylic acids is 2. The monoisotopic (exact) mass is 563 g/mol. The van der Waals surface area contributed by atoms with Gasteiger partial charge in [-0.2, -0.15) is 31.6 Å². The molecule has 0 radical (unpaired) electrons. The second-order valence-corrected chi connectivity index (χ2v) is 8.81. The van der Waals surface area contributed by atoms with Crippen molar-refractivity contribution in [3.63, 3.8) is 0 Å². The molecule has 1 saturated heterocycles. The molecule has 0 bridgehead atoms. The van der Waals surface area contributed by atoms with Crippen LogP contribution in [0.15, 0.2) is 30.5 Å². The number of benzene rings is 1. The number of carbonyl (C=O) groups is 2. The van der Waals surface area contributed by atoms with Crippen LogP contribution in [0.4, 0.5) is 26.3 Å². The van der Waals surface area contributed by atoms with Crippen LogP contribution in [0.3, 0.4) is 0 Å². The maximum Gasteiger partial charge on any atom is 0.490 e. The zero-order valence-corrected chi connectivity index (χ0v) is 20.7. The lowest BCUT2D eigenvalue weighted by Gasteiger charge is -2.27. The summed E-state index contributed by atoms with van der Waals surface area (Å²) in [6, 6.07) is 10.1. The molecule has 2 aromatic rings. The Morgan fingerprint density at radius 3 is 2.03 bits per heavy atom. The Bertz CT molecular complexity index is 1130. The zero-order valence-electron chi connectivity index (χ0n) is 20.7. The molecular weight excluding hydrogens is 536 g/mol. The number of aromatic nitrogens is 2. The first-order valence-corrected chi connectivity index (χ1v) is 11.8. The molecule has 15 heteroatoms. The summed E-state index contributed by atoms with van der Waals surface area (Å²) >= 11 is 0. The number of alkyl halides is 6. The maximum atomic E-state index is 10.6. The molecule has 1 aromatic heterocycles. The van der Waals surface area contributed by atoms with E-state index >= 15 is 0 Å². The van der Waals surface area contributed by atoms with E-state index in [-0.39, 0.29) is 0 Å². The van der Waals surface area contributed by atoms with Gasteiger partial charge in [0.2, 0.25) is 0 Å². The molecule has 2 N–H and O–H groups in total. The topological polar surface area (TPSA) is 123 Å². The molecule has 9 nitrogen and oxygen atoms in total. The average molecular weight is 563 g/mol. The van der Waals surface area contributed by atoms with E-state index in [0.29, 0.717) is 0 Å². The van der Waals surface area contributed by atoms with Crippen molar-refractivity contribution in [3.05, 3.63) is 53.1 Å². The lowest BCUT2D eigenvalue weighted by molar-refractivity contribution is -0.193. The number of carboxylic acid groups (broad SMARTS) is 2. The highest BCUT2D eigenvalue weighted by Crippen LogP contribution is 2.19. The van der Waals surface area contributed by atoms with Crippen LogP contribution in [0.1, 0.15) is 41.9 Å². The number of aliphatic carboxylic acids is 2. The Kier molecular flexibility index (Phi) is 11.3. The SMILES string of the molecule is N#Cc1cccc(CN2CCn3cc(CN4CCCCC4)nc3C2)c1.O=C(O)C(F)(F)F.O=C(O)C(F)(F)F. The van der Waals surface area contributed by atoms with E-state index in [9.17, 15) is 26.3 Å². The number of nitriles is 1. The molecule has 39 heavy (non-hydrogen) atoms. The first kappa shape index (κ1) is 31.6. The van der Waals surface area contributed by atoms with E-state index in [2.05, 4.69) is 32.7 Å². The van der Waals surface area contributed by atoms with Gasteiger partial charge >= 0.3 is 24.3 Å². The van der Waals surface area contributed by atoms with E-state index in [1.807, 2.05) is 18.2 Å². The van der Waals surface area contributed by atoms with Crippen LogP contribution in [0.2, 0.25) is 0 Å². The van der Waals surface area contributed by atoms with Gasteiger partial charge in [-0.25, -0.2) is 14.6 Å². The fourth-order valence-corrected chi connectivity index (χ4v) is 3.92. The standard InChI is InChI=1S/C20H25N5.2C2HF3O2/c21-12-17-5-4-6-18(11-17)13-24-9-10-25-15-19(22-20(25)16-24)14-23-7-2-1-3-8-23;2*3-2(4,5)1(6)7/h4-6,11,15H,1-3,7-10,13-14,16H2;2*(H,6,7). The van der Waals surface area contributed by atoms with Crippen molar-refractivity contribution in [2.24, 2.45) is 0 Å². The Morgan fingerprint density at radius 1 is 0.897 bits per heavy atom. The highest BCUT2D eigenvalue weighted by Gasteiger charge is 2.38. The van der Waals surface area contributed by atoms with Crippen LogP contribution in [0.25, 0.3) is 0 Å². The summed E-state index contributed by atoms with van der Waals surface area (Å²) in [7, 11) is 0. The normalized spacial score (nSPS) is 16.0. The number of hydrogen-bond acceptors (Lipinski definition) is 6. The Hall–Kier alpha value is -3.64. The van der Waals surface area contributed by atoms with Crippen molar-refractivity contribution in [1.82, 2.24) is 19.4 Å². The van der Waals surface area contributed by atoms with Crippen molar-refractivity contribution in [2.75, 3.05) is 19.6 Å². The van der Waals surface area contributed by atoms with Crippen molar-refractivity contribution in [2.45, 2.75) is 57.8 Å². The number of piperidine rings is 1. The van der Waals surface area contributed by atoms with Crippen LogP contribution < -0.4 is 0 Å². The number of halogens is 6. The lowest BCUT2D eigenvalue weighted by Crippen LogP contribution is -2.33. The zero-order chi connectivity index (χ0) is 29.2. The number of rotatable bonds is 4. The summed E-state index contributed by atoms with van der Waals surface area (Å²) in [5.41, 5.74) is 3.15. The summed E-state index contributed by atoms with van der Waals surface area (Å²) in [6.07, 6.45) is -3.90. The fraction of sp³-hybridized carbons (Fsp3) is 0.500. The van der Waals surface area contributed by atoms with Gasteiger partial charge in [0.15, 0.2) is 0 Å². The van der Waals surface area contributed by atoms with E-state index in [1.165, 1.54) is 49.4 Å². The minimum Gasteiger partial charge on any atom is -0.475 e. The number of hydrogen-bond donors (Lipinski definition) is 2. The first-order valence-electron chi connectivity index (χ1n) is 11.8. The van der Waals surface area contributed by atoms with Gasteiger partial charge in [0, 0.05) is 32.4 Å². The predicted octanol–water partition coefficient (Wildman–Crippen LogP) is 4.02. The van der Waals surface area contributed by atoms with Gasteiger partial charge < -0.3 is 14.8 Å². The summed E-state index contributed by atoms with van der Waals surface area (Å²) in [5.74, 6) is -4.34. The van der Waals surface area contributed by atoms with Crippen LogP contribution in [-0.4, -0.2) is 73.5 Å². The van der Waals surface area contributed by atoms with Crippen LogP contribution in [0.5, 0.6) is 0 Å². The summed E-state index contributed by atoms with van der Waals surface area (Å²) in [4.78, 5) is 27.6. The van der Waals surface area contributed by atoms with Gasteiger partial charge in [-0.15, -0.1) is 0 Å². The Morgan fingerprint density at radius 2 is 1.49 bits per heavy atom. The molecule has 0 unspecified atom stereocenters. The second-order valence-electron chi connectivity index (χ2n) is 8.81. The molecule has 2 aliphatic rings. The molecule has 214 valence electrons. The number of likely N-dealkylation sites (tertiary alicyclic amines) is 1. The third-order valence-electron chi connectivity index (χ3n) is 5.71. The van der Waals surface area contributed by atoms with Crippen molar-refractivity contribution in [1.29, 1.82) is 5.26 Å².